The Bertz CT molecular complexity index is 1180. The summed E-state index contributed by atoms with van der Waals surface area (Å²) in [5.74, 6) is -0.276. The molecule has 0 aliphatic carbocycles. The van der Waals surface area contributed by atoms with Crippen molar-refractivity contribution in [2.75, 3.05) is 5.32 Å². The molecule has 3 aromatic rings. The third-order valence-electron chi connectivity index (χ3n) is 4.62. The van der Waals surface area contributed by atoms with Crippen molar-refractivity contribution in [3.05, 3.63) is 63.1 Å². The van der Waals surface area contributed by atoms with Crippen LogP contribution in [-0.4, -0.2) is 24.1 Å². The van der Waals surface area contributed by atoms with E-state index in [1.165, 1.54) is 6.07 Å². The van der Waals surface area contributed by atoms with Crippen LogP contribution in [-0.2, 0) is 21.3 Å². The first-order valence-electron chi connectivity index (χ1n) is 8.19. The molecule has 1 aliphatic rings. The number of carbonyl (C=O) groups is 1. The Kier molecular flexibility index (Phi) is 4.23. The fraction of sp³-hybridized carbons (Fsp3) is 0.222. The highest BCUT2D eigenvalue weighted by Crippen LogP contribution is 2.34. The van der Waals surface area contributed by atoms with Crippen LogP contribution >= 0.6 is 15.9 Å². The van der Waals surface area contributed by atoms with Crippen molar-refractivity contribution in [2.45, 2.75) is 25.4 Å². The number of anilines is 1. The second-order valence-corrected chi connectivity index (χ2v) is 9.34. The maximum atomic E-state index is 12.6. The molecular weight excluding hydrogens is 434 g/mol. The third-order valence-corrected chi connectivity index (χ3v) is 6.49. The van der Waals surface area contributed by atoms with Crippen LogP contribution in [0.25, 0.3) is 5.69 Å². The molecule has 9 heteroatoms. The number of hydrogen-bond donors (Lipinski definition) is 1. The van der Waals surface area contributed by atoms with Gasteiger partial charge in [0.1, 0.15) is 5.82 Å². The maximum Gasteiger partial charge on any atom is 0.292 e. The molecule has 27 heavy (non-hydrogen) atoms. The smallest absolute Gasteiger partial charge is 0.292 e. The van der Waals surface area contributed by atoms with E-state index in [1.807, 2.05) is 32.0 Å². The van der Waals surface area contributed by atoms with Crippen molar-refractivity contribution in [3.8, 4) is 5.69 Å². The third kappa shape index (κ3) is 3.21. The lowest BCUT2D eigenvalue weighted by Crippen LogP contribution is -2.17. The Morgan fingerprint density at radius 1 is 1.22 bits per heavy atom. The molecule has 4 rings (SSSR count). The summed E-state index contributed by atoms with van der Waals surface area (Å²) in [4.78, 5) is 12.6. The molecule has 0 bridgehead atoms. The molecule has 0 spiro atoms. The minimum Gasteiger partial charge on any atom is -0.444 e. The number of nitrogens with zero attached hydrogens (tertiary/aromatic N) is 2. The van der Waals surface area contributed by atoms with Crippen molar-refractivity contribution in [3.63, 3.8) is 0 Å². The summed E-state index contributed by atoms with van der Waals surface area (Å²) in [5.41, 5.74) is 3.85. The Balaban J connectivity index is 1.83. The Hall–Kier alpha value is -2.39. The number of halogens is 1. The monoisotopic (exact) mass is 449 g/mol. The van der Waals surface area contributed by atoms with E-state index in [0.29, 0.717) is 21.7 Å². The van der Waals surface area contributed by atoms with Crippen molar-refractivity contribution in [1.82, 2.24) is 9.78 Å². The summed E-state index contributed by atoms with van der Waals surface area (Å²) >= 11 is 3.17. The minimum absolute atomic E-state index is 0.116. The Morgan fingerprint density at radius 2 is 2.00 bits per heavy atom. The van der Waals surface area contributed by atoms with Crippen LogP contribution < -0.4 is 5.32 Å². The molecular formula is C18H16BrN3O4S. The van der Waals surface area contributed by atoms with E-state index in [-0.39, 0.29) is 17.3 Å². The van der Waals surface area contributed by atoms with E-state index in [4.69, 9.17) is 4.42 Å². The van der Waals surface area contributed by atoms with Gasteiger partial charge < -0.3 is 9.73 Å². The Labute approximate surface area is 164 Å². The largest absolute Gasteiger partial charge is 0.444 e. The van der Waals surface area contributed by atoms with Crippen LogP contribution in [0.2, 0.25) is 0 Å². The number of aromatic nitrogens is 2. The van der Waals surface area contributed by atoms with E-state index < -0.39 is 15.7 Å². The quantitative estimate of drug-likeness (QED) is 0.659. The maximum absolute atomic E-state index is 12.6. The van der Waals surface area contributed by atoms with Gasteiger partial charge in [0.05, 0.1) is 22.9 Å². The average Bonchev–Trinajstić information content (AvgIpc) is 3.24. The first-order chi connectivity index (χ1) is 12.7. The van der Waals surface area contributed by atoms with E-state index >= 15 is 0 Å². The molecule has 0 fully saturated rings. The molecule has 2 aromatic heterocycles. The molecule has 0 atom stereocenters. The van der Waals surface area contributed by atoms with Crippen molar-refractivity contribution in [1.29, 1.82) is 0 Å². The second kappa shape index (κ2) is 6.35. The van der Waals surface area contributed by atoms with Crippen LogP contribution in [0.15, 0.2) is 39.4 Å². The van der Waals surface area contributed by atoms with E-state index in [2.05, 4.69) is 26.3 Å². The van der Waals surface area contributed by atoms with Gasteiger partial charge in [0.2, 0.25) is 0 Å². The van der Waals surface area contributed by atoms with E-state index in [1.54, 1.807) is 10.7 Å². The van der Waals surface area contributed by atoms with Crippen LogP contribution in [0.1, 0.15) is 32.9 Å². The van der Waals surface area contributed by atoms with Gasteiger partial charge in [0.25, 0.3) is 5.91 Å². The van der Waals surface area contributed by atoms with Gasteiger partial charge in [0, 0.05) is 5.56 Å². The minimum atomic E-state index is -3.26. The number of sulfone groups is 1. The van der Waals surface area contributed by atoms with Gasteiger partial charge in [-0.05, 0) is 59.1 Å². The second-order valence-electron chi connectivity index (χ2n) is 6.49. The number of aryl methyl sites for hydroxylation is 1. The number of carbonyl (C=O) groups excluding carboxylic acids is 1. The molecule has 3 heterocycles. The van der Waals surface area contributed by atoms with Crippen LogP contribution in [0.3, 0.4) is 0 Å². The van der Waals surface area contributed by atoms with Gasteiger partial charge in [0.15, 0.2) is 20.3 Å². The van der Waals surface area contributed by atoms with Crippen molar-refractivity contribution in [2.24, 2.45) is 0 Å². The number of rotatable bonds is 3. The lowest BCUT2D eigenvalue weighted by Gasteiger charge is -2.13. The number of nitrogens with one attached hydrogen (secondary N) is 1. The Morgan fingerprint density at radius 3 is 2.70 bits per heavy atom. The molecule has 1 amide bonds. The van der Waals surface area contributed by atoms with Crippen LogP contribution in [0.4, 0.5) is 5.82 Å². The summed E-state index contributed by atoms with van der Waals surface area (Å²) in [6.07, 6.45) is 0. The molecule has 1 N–H and O–H groups in total. The molecule has 0 saturated heterocycles. The first kappa shape index (κ1) is 18.0. The number of hydrogen-bond acceptors (Lipinski definition) is 5. The predicted octanol–water partition coefficient (Wildman–Crippen LogP) is 3.53. The summed E-state index contributed by atoms with van der Waals surface area (Å²) in [7, 11) is -3.26. The van der Waals surface area contributed by atoms with E-state index in [0.717, 1.165) is 16.8 Å². The fourth-order valence-corrected chi connectivity index (χ4v) is 4.92. The van der Waals surface area contributed by atoms with Crippen LogP contribution in [0.5, 0.6) is 0 Å². The lowest BCUT2D eigenvalue weighted by molar-refractivity contribution is 0.0994. The lowest BCUT2D eigenvalue weighted by atomic mass is 10.1. The number of amides is 1. The molecule has 7 nitrogen and oxygen atoms in total. The van der Waals surface area contributed by atoms with Gasteiger partial charge in [-0.3, -0.25) is 4.79 Å². The molecule has 140 valence electrons. The zero-order valence-electron chi connectivity index (χ0n) is 14.6. The highest BCUT2D eigenvalue weighted by molar-refractivity contribution is 9.10. The molecule has 1 aromatic carbocycles. The van der Waals surface area contributed by atoms with Crippen molar-refractivity contribution >= 4 is 37.5 Å². The van der Waals surface area contributed by atoms with Gasteiger partial charge in [-0.2, -0.15) is 5.10 Å². The first-order valence-corrected chi connectivity index (χ1v) is 10.8. The van der Waals surface area contributed by atoms with Crippen molar-refractivity contribution < 1.29 is 17.6 Å². The zero-order valence-corrected chi connectivity index (χ0v) is 17.0. The summed E-state index contributed by atoms with van der Waals surface area (Å²) < 4.78 is 31.4. The summed E-state index contributed by atoms with van der Waals surface area (Å²) in [5, 5.41) is 7.28. The average molecular weight is 450 g/mol. The number of benzene rings is 1. The van der Waals surface area contributed by atoms with Crippen LogP contribution in [0, 0.1) is 13.8 Å². The number of fused-ring (bicyclic) bond motifs is 1. The summed E-state index contributed by atoms with van der Waals surface area (Å²) in [6, 6.07) is 8.93. The molecule has 1 aliphatic heterocycles. The highest BCUT2D eigenvalue weighted by Gasteiger charge is 2.33. The van der Waals surface area contributed by atoms with Gasteiger partial charge in [-0.1, -0.05) is 12.1 Å². The molecule has 0 saturated carbocycles. The van der Waals surface area contributed by atoms with Gasteiger partial charge in [-0.15, -0.1) is 0 Å². The van der Waals surface area contributed by atoms with E-state index in [9.17, 15) is 13.2 Å². The standard InChI is InChI=1S/C18H16BrN3O4S/c1-10-4-3-5-14(11(10)2)22-17(12-8-27(24,25)9-13(12)21-22)20-18(23)15-6-7-16(19)26-15/h3-7H,8-9H2,1-2H3,(H,20,23). The summed E-state index contributed by atoms with van der Waals surface area (Å²) in [6.45, 7) is 3.95. The van der Waals surface area contributed by atoms with Gasteiger partial charge >= 0.3 is 0 Å². The molecule has 0 unspecified atom stereocenters. The van der Waals surface area contributed by atoms with Gasteiger partial charge in [-0.25, -0.2) is 13.1 Å². The fourth-order valence-electron chi connectivity index (χ4n) is 3.12. The number of furan rings is 1. The highest BCUT2D eigenvalue weighted by atomic mass is 79.9. The zero-order chi connectivity index (χ0) is 19.3. The topological polar surface area (TPSA) is 94.2 Å². The predicted molar refractivity (Wildman–Crippen MR) is 104 cm³/mol. The normalized spacial score (nSPS) is 14.9. The molecule has 0 radical (unpaired) electrons. The SMILES string of the molecule is Cc1cccc(-n2nc3c(c2NC(=O)c2ccc(Br)o2)CS(=O)(=O)C3)c1C.